The SMILES string of the molecule is CCOC(=O)C(CC(=O)c1ccccc1)(OOC(C)(C)C)c1ccccc1. The van der Waals surface area contributed by atoms with Crippen molar-refractivity contribution in [1.82, 2.24) is 0 Å². The fraction of sp³-hybridized carbons (Fsp3) is 0.364. The number of esters is 1. The van der Waals surface area contributed by atoms with Crippen molar-refractivity contribution in [2.45, 2.75) is 45.3 Å². The molecule has 0 radical (unpaired) electrons. The number of benzene rings is 2. The standard InChI is InChI=1S/C22H26O5/c1-5-25-20(24)22(27-26-21(2,3)4,18-14-10-7-11-15-18)16-19(23)17-12-8-6-9-13-17/h6-15H,5,16H2,1-4H3. The van der Waals surface area contributed by atoms with Gasteiger partial charge in [-0.2, -0.15) is 0 Å². The molecule has 0 amide bonds. The molecule has 144 valence electrons. The van der Waals surface area contributed by atoms with Crippen LogP contribution in [0.25, 0.3) is 0 Å². The van der Waals surface area contributed by atoms with Gasteiger partial charge in [-0.25, -0.2) is 14.6 Å². The molecule has 0 aliphatic heterocycles. The summed E-state index contributed by atoms with van der Waals surface area (Å²) in [6.45, 7) is 7.26. The van der Waals surface area contributed by atoms with Crippen LogP contribution in [-0.4, -0.2) is 24.0 Å². The molecule has 0 heterocycles. The van der Waals surface area contributed by atoms with Crippen molar-refractivity contribution in [3.8, 4) is 0 Å². The lowest BCUT2D eigenvalue weighted by Gasteiger charge is -2.32. The fourth-order valence-corrected chi connectivity index (χ4v) is 2.51. The Balaban J connectivity index is 2.49. The van der Waals surface area contributed by atoms with E-state index in [0.29, 0.717) is 11.1 Å². The topological polar surface area (TPSA) is 61.8 Å². The highest BCUT2D eigenvalue weighted by Crippen LogP contribution is 2.34. The minimum Gasteiger partial charge on any atom is -0.463 e. The quantitative estimate of drug-likeness (QED) is 0.297. The molecule has 0 fully saturated rings. The lowest BCUT2D eigenvalue weighted by Crippen LogP contribution is -2.44. The van der Waals surface area contributed by atoms with Gasteiger partial charge in [-0.05, 0) is 33.3 Å². The van der Waals surface area contributed by atoms with Crippen LogP contribution in [0.3, 0.4) is 0 Å². The maximum Gasteiger partial charge on any atom is 0.347 e. The summed E-state index contributed by atoms with van der Waals surface area (Å²) in [4.78, 5) is 37.1. The molecule has 2 aromatic rings. The van der Waals surface area contributed by atoms with Crippen molar-refractivity contribution in [2.75, 3.05) is 6.61 Å². The third-order valence-corrected chi connectivity index (χ3v) is 3.78. The summed E-state index contributed by atoms with van der Waals surface area (Å²) in [6.07, 6.45) is -0.240. The van der Waals surface area contributed by atoms with Gasteiger partial charge in [0.1, 0.15) is 0 Å². The van der Waals surface area contributed by atoms with Crippen LogP contribution in [0.2, 0.25) is 0 Å². The first-order valence-corrected chi connectivity index (χ1v) is 8.96. The Labute approximate surface area is 160 Å². The van der Waals surface area contributed by atoms with Crippen molar-refractivity contribution < 1.29 is 24.1 Å². The molecule has 2 aromatic carbocycles. The molecule has 5 heteroatoms. The fourth-order valence-electron chi connectivity index (χ4n) is 2.51. The Kier molecular flexibility index (Phi) is 6.88. The van der Waals surface area contributed by atoms with Gasteiger partial charge >= 0.3 is 5.97 Å². The van der Waals surface area contributed by atoms with E-state index in [-0.39, 0.29) is 18.8 Å². The molecule has 0 N–H and O–H groups in total. The smallest absolute Gasteiger partial charge is 0.347 e. The van der Waals surface area contributed by atoms with Crippen LogP contribution < -0.4 is 0 Å². The second-order valence-corrected chi connectivity index (χ2v) is 7.16. The maximum absolute atomic E-state index is 13.0. The summed E-state index contributed by atoms with van der Waals surface area (Å²) >= 11 is 0. The van der Waals surface area contributed by atoms with E-state index in [2.05, 4.69) is 0 Å². The van der Waals surface area contributed by atoms with Crippen LogP contribution in [0, 0.1) is 0 Å². The van der Waals surface area contributed by atoms with Crippen LogP contribution >= 0.6 is 0 Å². The van der Waals surface area contributed by atoms with Crippen LogP contribution in [0.15, 0.2) is 60.7 Å². The zero-order valence-corrected chi connectivity index (χ0v) is 16.2. The summed E-state index contributed by atoms with van der Waals surface area (Å²) in [7, 11) is 0. The maximum atomic E-state index is 13.0. The van der Waals surface area contributed by atoms with Gasteiger partial charge in [0.2, 0.25) is 5.60 Å². The minimum absolute atomic E-state index is 0.159. The largest absolute Gasteiger partial charge is 0.463 e. The Morgan fingerprint density at radius 3 is 1.93 bits per heavy atom. The van der Waals surface area contributed by atoms with Gasteiger partial charge < -0.3 is 4.74 Å². The number of hydrogen-bond donors (Lipinski definition) is 0. The van der Waals surface area contributed by atoms with Crippen molar-refractivity contribution >= 4 is 11.8 Å². The Morgan fingerprint density at radius 1 is 0.852 bits per heavy atom. The predicted octanol–water partition coefficient (Wildman–Crippen LogP) is 4.46. The Bertz CT molecular complexity index is 749. The summed E-state index contributed by atoms with van der Waals surface area (Å²) in [5.74, 6) is -0.908. The number of hydrogen-bond acceptors (Lipinski definition) is 5. The molecule has 1 atom stereocenters. The lowest BCUT2D eigenvalue weighted by atomic mass is 9.87. The molecule has 0 aliphatic carbocycles. The number of Topliss-reactive ketones (excluding diaryl/α,β-unsaturated/α-hetero) is 1. The lowest BCUT2D eigenvalue weighted by molar-refractivity contribution is -0.400. The first-order chi connectivity index (χ1) is 12.8. The number of ketones is 1. The number of carbonyl (C=O) groups excluding carboxylic acids is 2. The monoisotopic (exact) mass is 370 g/mol. The minimum atomic E-state index is -1.70. The van der Waals surface area contributed by atoms with Gasteiger partial charge in [0.15, 0.2) is 5.78 Å². The van der Waals surface area contributed by atoms with Gasteiger partial charge in [0.25, 0.3) is 0 Å². The molecule has 0 spiro atoms. The van der Waals surface area contributed by atoms with Gasteiger partial charge in [0, 0.05) is 5.56 Å². The molecule has 0 saturated carbocycles. The van der Waals surface area contributed by atoms with E-state index in [0.717, 1.165) is 0 Å². The molecular formula is C22H26O5. The number of rotatable bonds is 8. The first kappa shape index (κ1) is 20.8. The highest BCUT2D eigenvalue weighted by atomic mass is 17.2. The average Bonchev–Trinajstić information content (AvgIpc) is 2.66. The van der Waals surface area contributed by atoms with E-state index in [1.165, 1.54) is 0 Å². The predicted molar refractivity (Wildman–Crippen MR) is 102 cm³/mol. The van der Waals surface area contributed by atoms with E-state index in [9.17, 15) is 9.59 Å². The summed E-state index contributed by atoms with van der Waals surface area (Å²) in [6, 6.07) is 17.6. The third-order valence-electron chi connectivity index (χ3n) is 3.78. The molecule has 27 heavy (non-hydrogen) atoms. The van der Waals surface area contributed by atoms with E-state index in [4.69, 9.17) is 14.5 Å². The van der Waals surface area contributed by atoms with Crippen molar-refractivity contribution in [3.05, 3.63) is 71.8 Å². The molecular weight excluding hydrogens is 344 g/mol. The van der Waals surface area contributed by atoms with Crippen LogP contribution in [-0.2, 0) is 24.9 Å². The van der Waals surface area contributed by atoms with E-state index < -0.39 is 17.2 Å². The first-order valence-electron chi connectivity index (χ1n) is 8.96. The van der Waals surface area contributed by atoms with Crippen molar-refractivity contribution in [2.24, 2.45) is 0 Å². The molecule has 2 rings (SSSR count). The second kappa shape index (κ2) is 8.93. The number of ether oxygens (including phenoxy) is 1. The highest BCUT2D eigenvalue weighted by molar-refractivity contribution is 6.00. The van der Waals surface area contributed by atoms with Gasteiger partial charge in [-0.1, -0.05) is 60.7 Å². The summed E-state index contributed by atoms with van der Waals surface area (Å²) in [5.41, 5.74) is -1.39. The van der Waals surface area contributed by atoms with E-state index in [1.54, 1.807) is 76.2 Å². The van der Waals surface area contributed by atoms with Gasteiger partial charge in [-0.3, -0.25) is 4.79 Å². The number of carbonyl (C=O) groups is 2. The molecule has 0 aromatic heterocycles. The third kappa shape index (κ3) is 5.49. The Morgan fingerprint density at radius 2 is 1.41 bits per heavy atom. The highest BCUT2D eigenvalue weighted by Gasteiger charge is 2.47. The average molecular weight is 370 g/mol. The molecule has 1 unspecified atom stereocenters. The Hall–Kier alpha value is -2.50. The zero-order valence-electron chi connectivity index (χ0n) is 16.2. The summed E-state index contributed by atoms with van der Waals surface area (Å²) in [5, 5.41) is 0. The molecule has 0 saturated heterocycles. The summed E-state index contributed by atoms with van der Waals surface area (Å²) < 4.78 is 5.27. The molecule has 0 bridgehead atoms. The molecule has 5 nitrogen and oxygen atoms in total. The van der Waals surface area contributed by atoms with Gasteiger partial charge in [0.05, 0.1) is 18.6 Å². The van der Waals surface area contributed by atoms with Crippen LogP contribution in [0.5, 0.6) is 0 Å². The van der Waals surface area contributed by atoms with Crippen molar-refractivity contribution in [1.29, 1.82) is 0 Å². The van der Waals surface area contributed by atoms with Crippen LogP contribution in [0.1, 0.15) is 50.0 Å². The van der Waals surface area contributed by atoms with Crippen molar-refractivity contribution in [3.63, 3.8) is 0 Å². The van der Waals surface area contributed by atoms with E-state index in [1.807, 2.05) is 12.1 Å². The normalized spacial score (nSPS) is 13.6. The van der Waals surface area contributed by atoms with Gasteiger partial charge in [-0.15, -0.1) is 0 Å². The van der Waals surface area contributed by atoms with Crippen LogP contribution in [0.4, 0.5) is 0 Å². The zero-order chi connectivity index (χ0) is 19.9. The second-order valence-electron chi connectivity index (χ2n) is 7.16. The molecule has 0 aliphatic rings. The van der Waals surface area contributed by atoms with E-state index >= 15 is 0 Å².